The Morgan fingerprint density at radius 2 is 2.37 bits per heavy atom. The van der Waals surface area contributed by atoms with E-state index in [1.165, 1.54) is 11.4 Å². The number of oxime groups is 1. The monoisotopic (exact) mass is 283 g/mol. The van der Waals surface area contributed by atoms with E-state index in [-0.39, 0.29) is 17.3 Å². The van der Waals surface area contributed by atoms with Crippen LogP contribution in [-0.4, -0.2) is 26.3 Å². The number of furan rings is 1. The molecule has 0 spiro atoms. The lowest BCUT2D eigenvalue weighted by Gasteiger charge is -1.95. The summed E-state index contributed by atoms with van der Waals surface area (Å²) in [6, 6.07) is 2.33. The van der Waals surface area contributed by atoms with Gasteiger partial charge in [-0.1, -0.05) is 9.64 Å². The maximum absolute atomic E-state index is 11.3. The first-order valence-corrected chi connectivity index (χ1v) is 5.48. The smallest absolute Gasteiger partial charge is 0.397 e. The zero-order valence-electron chi connectivity index (χ0n) is 9.05. The average Bonchev–Trinajstić information content (AvgIpc) is 3.05. The van der Waals surface area contributed by atoms with Gasteiger partial charge in [-0.2, -0.15) is 0 Å². The third-order valence-corrected chi connectivity index (χ3v) is 2.32. The Kier molecular flexibility index (Phi) is 3.47. The Bertz CT molecular complexity index is 634. The third kappa shape index (κ3) is 2.90. The zero-order valence-corrected chi connectivity index (χ0v) is 9.86. The number of amidine groups is 1. The van der Waals surface area contributed by atoms with Gasteiger partial charge in [-0.15, -0.1) is 5.10 Å². The van der Waals surface area contributed by atoms with Gasteiger partial charge in [-0.05, 0) is 17.6 Å². The van der Waals surface area contributed by atoms with Gasteiger partial charge in [0.1, 0.15) is 4.92 Å². The molecule has 0 unspecified atom stereocenters. The van der Waals surface area contributed by atoms with Crippen LogP contribution < -0.4 is 5.73 Å². The molecular weight excluding hydrogens is 278 g/mol. The Morgan fingerprint density at radius 1 is 1.58 bits per heavy atom. The lowest BCUT2D eigenvalue weighted by atomic mass is 10.4. The largest absolute Gasteiger partial charge is 0.433 e. The van der Waals surface area contributed by atoms with Gasteiger partial charge in [0.25, 0.3) is 0 Å². The van der Waals surface area contributed by atoms with Gasteiger partial charge < -0.3 is 15.0 Å². The minimum Gasteiger partial charge on any atom is -0.397 e. The maximum atomic E-state index is 11.3. The lowest BCUT2D eigenvalue weighted by Crippen LogP contribution is -2.14. The fraction of sp³-hybridized carbons (Fsp3) is 0. The molecule has 2 N–H and O–H groups in total. The number of hydrogen-bond acceptors (Lipinski definition) is 9. The molecule has 0 atom stereocenters. The highest BCUT2D eigenvalue weighted by Gasteiger charge is 2.16. The highest BCUT2D eigenvalue weighted by molar-refractivity contribution is 7.03. The van der Waals surface area contributed by atoms with Crippen LogP contribution in [0.5, 0.6) is 0 Å². The van der Waals surface area contributed by atoms with Gasteiger partial charge in [-0.25, -0.2) is 4.79 Å². The van der Waals surface area contributed by atoms with Crippen LogP contribution in [0.4, 0.5) is 5.88 Å². The number of hydrogen-bond donors (Lipinski definition) is 1. The third-order valence-electron chi connectivity index (χ3n) is 1.82. The van der Waals surface area contributed by atoms with Gasteiger partial charge >= 0.3 is 11.9 Å². The van der Waals surface area contributed by atoms with Crippen molar-refractivity contribution in [1.29, 1.82) is 0 Å². The molecule has 0 aliphatic heterocycles. The van der Waals surface area contributed by atoms with Gasteiger partial charge in [0.05, 0.1) is 6.07 Å². The van der Waals surface area contributed by atoms with Crippen LogP contribution in [0.1, 0.15) is 16.2 Å². The molecular formula is C8H5N5O5S. The fourth-order valence-electron chi connectivity index (χ4n) is 0.999. The SMILES string of the molecule is N/C(=N/OC(=O)c1csnn1)c1ccc([N+](=O)[O-])o1. The molecule has 11 heteroatoms. The molecule has 2 rings (SSSR count). The van der Waals surface area contributed by atoms with Crippen LogP contribution in [0.2, 0.25) is 0 Å². The topological polar surface area (TPSA) is 147 Å². The van der Waals surface area contributed by atoms with Gasteiger partial charge in [0.2, 0.25) is 5.84 Å². The van der Waals surface area contributed by atoms with E-state index in [9.17, 15) is 14.9 Å². The molecule has 0 aliphatic carbocycles. The van der Waals surface area contributed by atoms with E-state index in [4.69, 9.17) is 10.2 Å². The molecule has 0 saturated carbocycles. The molecule has 98 valence electrons. The number of nitro groups is 1. The molecule has 0 saturated heterocycles. The summed E-state index contributed by atoms with van der Waals surface area (Å²) in [5.74, 6) is -1.75. The van der Waals surface area contributed by atoms with Crippen LogP contribution in [0.3, 0.4) is 0 Å². The van der Waals surface area contributed by atoms with Crippen LogP contribution in [0.15, 0.2) is 27.1 Å². The Morgan fingerprint density at radius 3 is 2.95 bits per heavy atom. The second kappa shape index (κ2) is 5.22. The van der Waals surface area contributed by atoms with E-state index in [0.717, 1.165) is 17.6 Å². The van der Waals surface area contributed by atoms with Gasteiger partial charge in [-0.3, -0.25) is 10.1 Å². The van der Waals surface area contributed by atoms with Crippen molar-refractivity contribution in [3.8, 4) is 0 Å². The minimum absolute atomic E-state index is 0.0213. The standard InChI is InChI=1S/C8H5N5O5S/c9-7(5-1-2-6(17-5)13(15)16)11-18-8(14)4-3-19-12-10-4/h1-3H,(H2,9,11). The molecule has 2 aromatic heterocycles. The Labute approximate surface area is 108 Å². The van der Waals surface area contributed by atoms with Crippen molar-refractivity contribution in [2.75, 3.05) is 0 Å². The normalized spacial score (nSPS) is 11.3. The molecule has 0 aromatic carbocycles. The van der Waals surface area contributed by atoms with E-state index >= 15 is 0 Å². The number of aromatic nitrogens is 2. The fourth-order valence-corrected chi connectivity index (χ4v) is 1.42. The highest BCUT2D eigenvalue weighted by atomic mass is 32.1. The molecule has 0 amide bonds. The molecule has 0 aliphatic rings. The summed E-state index contributed by atoms with van der Waals surface area (Å²) < 4.78 is 8.23. The second-order valence-corrected chi connectivity index (χ2v) is 3.65. The van der Waals surface area contributed by atoms with Crippen molar-refractivity contribution in [1.82, 2.24) is 9.59 Å². The zero-order chi connectivity index (χ0) is 13.8. The Balaban J connectivity index is 2.06. The number of nitrogens with zero attached hydrogens (tertiary/aromatic N) is 4. The van der Waals surface area contributed by atoms with Gasteiger partial charge in [0.15, 0.2) is 11.5 Å². The van der Waals surface area contributed by atoms with Crippen LogP contribution in [0.25, 0.3) is 0 Å². The quantitative estimate of drug-likeness (QED) is 0.280. The first kappa shape index (κ1) is 12.6. The van der Waals surface area contributed by atoms with Crippen LogP contribution >= 0.6 is 11.5 Å². The van der Waals surface area contributed by atoms with Crippen molar-refractivity contribution in [2.45, 2.75) is 0 Å². The number of carbonyl (C=O) groups excluding carboxylic acids is 1. The Hall–Kier alpha value is -2.82. The predicted octanol–water partition coefficient (Wildman–Crippen LogP) is 0.517. The molecule has 0 radical (unpaired) electrons. The van der Waals surface area contributed by atoms with Crippen molar-refractivity contribution in [3.05, 3.63) is 39.1 Å². The number of nitrogens with two attached hydrogens (primary N) is 1. The maximum Gasteiger partial charge on any atom is 0.433 e. The lowest BCUT2D eigenvalue weighted by molar-refractivity contribution is -0.402. The summed E-state index contributed by atoms with van der Waals surface area (Å²) >= 11 is 0.970. The van der Waals surface area contributed by atoms with Crippen molar-refractivity contribution < 1.29 is 19.0 Å². The van der Waals surface area contributed by atoms with E-state index in [1.807, 2.05) is 0 Å². The summed E-state index contributed by atoms with van der Waals surface area (Å²) in [6.07, 6.45) is 0. The summed E-state index contributed by atoms with van der Waals surface area (Å²) in [7, 11) is 0. The molecule has 0 fully saturated rings. The highest BCUT2D eigenvalue weighted by Crippen LogP contribution is 2.15. The summed E-state index contributed by atoms with van der Waals surface area (Å²) in [4.78, 5) is 25.5. The second-order valence-electron chi connectivity index (χ2n) is 3.04. The summed E-state index contributed by atoms with van der Waals surface area (Å²) in [6.45, 7) is 0. The molecule has 2 heterocycles. The van der Waals surface area contributed by atoms with Gasteiger partial charge in [0, 0.05) is 5.38 Å². The molecule has 19 heavy (non-hydrogen) atoms. The first-order chi connectivity index (χ1) is 9.08. The average molecular weight is 283 g/mol. The van der Waals surface area contributed by atoms with Crippen molar-refractivity contribution in [2.24, 2.45) is 10.9 Å². The predicted molar refractivity (Wildman–Crippen MR) is 61.4 cm³/mol. The first-order valence-electron chi connectivity index (χ1n) is 4.64. The van der Waals surface area contributed by atoms with Crippen molar-refractivity contribution in [3.63, 3.8) is 0 Å². The number of carbonyl (C=O) groups is 1. The number of rotatable bonds is 4. The molecule has 2 aromatic rings. The molecule has 10 nitrogen and oxygen atoms in total. The molecule has 0 bridgehead atoms. The van der Waals surface area contributed by atoms with Crippen LogP contribution in [0, 0.1) is 10.1 Å². The summed E-state index contributed by atoms with van der Waals surface area (Å²) in [5.41, 5.74) is 5.41. The van der Waals surface area contributed by atoms with E-state index in [2.05, 4.69) is 19.6 Å². The van der Waals surface area contributed by atoms with Crippen molar-refractivity contribution >= 4 is 29.2 Å². The van der Waals surface area contributed by atoms with E-state index in [1.54, 1.807) is 0 Å². The van der Waals surface area contributed by atoms with Crippen LogP contribution in [-0.2, 0) is 4.84 Å². The van der Waals surface area contributed by atoms with E-state index in [0.29, 0.717) is 0 Å². The summed E-state index contributed by atoms with van der Waals surface area (Å²) in [5, 5.41) is 18.5. The van der Waals surface area contributed by atoms with E-state index < -0.39 is 16.8 Å². The minimum atomic E-state index is -0.849.